The Bertz CT molecular complexity index is 468. The summed E-state index contributed by atoms with van der Waals surface area (Å²) in [5, 5.41) is 0. The first-order valence-corrected chi connectivity index (χ1v) is 24.5. The third-order valence-electron chi connectivity index (χ3n) is 8.45. The minimum atomic E-state index is -2.12. The second-order valence-electron chi connectivity index (χ2n) is 12.9. The molecule has 6 heteroatoms. The molecule has 0 N–H and O–H groups in total. The van der Waals surface area contributed by atoms with Crippen LogP contribution in [0.5, 0.6) is 0 Å². The molecule has 0 radical (unpaired) electrons. The molecular weight excluding hydrogens is 585 g/mol. The third kappa shape index (κ3) is 32.5. The van der Waals surface area contributed by atoms with Gasteiger partial charge in [-0.05, 0) is 25.8 Å². The molecule has 0 heterocycles. The Balaban J connectivity index is 3.72. The number of unbranched alkanes of at least 4 members (excludes halogenated alkanes) is 26. The highest BCUT2D eigenvalue weighted by molar-refractivity contribution is 8.54. The van der Waals surface area contributed by atoms with Gasteiger partial charge in [0.2, 0.25) is 0 Å². The van der Waals surface area contributed by atoms with E-state index in [9.17, 15) is 0 Å². The van der Waals surface area contributed by atoms with Crippen molar-refractivity contribution in [2.75, 3.05) is 19.8 Å². The molecular formula is C37H78O3S2Si. The molecule has 260 valence electrons. The van der Waals surface area contributed by atoms with Crippen LogP contribution in [0.15, 0.2) is 0 Å². The highest BCUT2D eigenvalue weighted by Crippen LogP contribution is 2.39. The van der Waals surface area contributed by atoms with Gasteiger partial charge in [0.15, 0.2) is 0 Å². The minimum Gasteiger partial charge on any atom is -0.397 e. The van der Waals surface area contributed by atoms with Crippen molar-refractivity contribution in [3.63, 3.8) is 0 Å². The van der Waals surface area contributed by atoms with Crippen molar-refractivity contribution in [2.45, 2.75) is 220 Å². The predicted molar refractivity (Wildman–Crippen MR) is 200 cm³/mol. The first-order valence-electron chi connectivity index (χ1n) is 19.5. The van der Waals surface area contributed by atoms with Crippen molar-refractivity contribution in [1.29, 1.82) is 0 Å². The summed E-state index contributed by atoms with van der Waals surface area (Å²) in [7, 11) is 0. The van der Waals surface area contributed by atoms with E-state index in [0.29, 0.717) is 0 Å². The molecule has 0 saturated carbocycles. The van der Waals surface area contributed by atoms with Crippen LogP contribution in [0.3, 0.4) is 0 Å². The van der Waals surface area contributed by atoms with Crippen molar-refractivity contribution >= 4 is 29.6 Å². The van der Waals surface area contributed by atoms with Crippen LogP contribution in [0.1, 0.15) is 214 Å². The Kier molecular flexibility index (Phi) is 37.9. The van der Waals surface area contributed by atoms with Gasteiger partial charge in [0.25, 0.3) is 0 Å². The second-order valence-corrected chi connectivity index (χ2v) is 21.6. The Labute approximate surface area is 281 Å². The second kappa shape index (κ2) is 37.3. The quantitative estimate of drug-likeness (QED) is 0.0372. The van der Waals surface area contributed by atoms with Gasteiger partial charge in [0, 0.05) is 29.6 Å². The maximum absolute atomic E-state index is 6.33. The van der Waals surface area contributed by atoms with Gasteiger partial charge in [-0.25, -0.2) is 0 Å². The molecule has 0 fully saturated rings. The fraction of sp³-hybridized carbons (Fsp3) is 1.00. The summed E-state index contributed by atoms with van der Waals surface area (Å²) < 4.78 is 18.6. The van der Waals surface area contributed by atoms with Crippen LogP contribution in [0.25, 0.3) is 0 Å². The van der Waals surface area contributed by atoms with E-state index >= 15 is 0 Å². The zero-order chi connectivity index (χ0) is 31.4. The molecule has 0 aliphatic heterocycles. The van der Waals surface area contributed by atoms with Crippen LogP contribution >= 0.6 is 23.0 Å². The highest BCUT2D eigenvalue weighted by atomic mass is 32.6. The van der Waals surface area contributed by atoms with E-state index in [1.54, 1.807) is 23.0 Å². The largest absolute Gasteiger partial charge is 0.397 e. The Hall–Kier alpha value is 0.797. The van der Waals surface area contributed by atoms with Gasteiger partial charge in [-0.2, -0.15) is 0 Å². The summed E-state index contributed by atoms with van der Waals surface area (Å²) in [6.07, 6.45) is 40.1. The Morgan fingerprint density at radius 1 is 0.349 bits per heavy atom. The van der Waals surface area contributed by atoms with Crippen molar-refractivity contribution in [1.82, 2.24) is 0 Å². The lowest BCUT2D eigenvalue weighted by Crippen LogP contribution is -2.32. The standard InChI is InChI=1S/C37H78O3S2Si/c1-5-9-11-13-15-17-19-21-23-25-27-29-31-33-35-38-41-43(37-7-3,40-8-4)42-39-36-34-32-30-28-26-24-22-20-18-16-14-12-10-6-2/h5-37H2,1-4H3. The third-order valence-corrected chi connectivity index (χ3v) is 16.8. The molecule has 0 aromatic heterocycles. The van der Waals surface area contributed by atoms with E-state index in [-0.39, 0.29) is 0 Å². The van der Waals surface area contributed by atoms with E-state index in [0.717, 1.165) is 45.1 Å². The molecule has 3 nitrogen and oxygen atoms in total. The summed E-state index contributed by atoms with van der Waals surface area (Å²) >= 11 is 3.29. The SMILES string of the molecule is CCCCCCCCCCCCCCCCOS[Si](CCC)(OCC)SOCCCCCCCCCCCCCCCC. The summed E-state index contributed by atoms with van der Waals surface area (Å²) in [6.45, 7) is 9.27. The molecule has 0 aromatic rings. The van der Waals surface area contributed by atoms with Gasteiger partial charge in [-0.3, -0.25) is 0 Å². The molecule has 0 aliphatic rings. The molecule has 0 saturated heterocycles. The van der Waals surface area contributed by atoms with E-state index in [4.69, 9.17) is 12.8 Å². The Morgan fingerprint density at radius 2 is 0.628 bits per heavy atom. The number of rotatable bonds is 38. The zero-order valence-electron chi connectivity index (χ0n) is 29.9. The van der Waals surface area contributed by atoms with Gasteiger partial charge < -0.3 is 12.8 Å². The summed E-state index contributed by atoms with van der Waals surface area (Å²) in [6, 6.07) is 1.08. The molecule has 0 bridgehead atoms. The van der Waals surface area contributed by atoms with Crippen LogP contribution in [-0.2, 0) is 12.8 Å². The molecule has 0 aromatic carbocycles. The highest BCUT2D eigenvalue weighted by Gasteiger charge is 2.39. The van der Waals surface area contributed by atoms with E-state index < -0.39 is 6.62 Å². The topological polar surface area (TPSA) is 27.7 Å². The monoisotopic (exact) mass is 663 g/mol. The zero-order valence-corrected chi connectivity index (χ0v) is 32.5. The number of hydrogen-bond acceptors (Lipinski definition) is 5. The Morgan fingerprint density at radius 3 is 0.884 bits per heavy atom. The van der Waals surface area contributed by atoms with Crippen molar-refractivity contribution < 1.29 is 12.8 Å². The van der Waals surface area contributed by atoms with Crippen LogP contribution in [0.4, 0.5) is 0 Å². The summed E-state index contributed by atoms with van der Waals surface area (Å²) in [5.41, 5.74) is 0. The van der Waals surface area contributed by atoms with Gasteiger partial charge in [-0.1, -0.05) is 194 Å². The fourth-order valence-electron chi connectivity index (χ4n) is 5.72. The molecule has 0 atom stereocenters. The molecule has 0 rings (SSSR count). The normalized spacial score (nSPS) is 12.0. The van der Waals surface area contributed by atoms with Crippen molar-refractivity contribution in [3.8, 4) is 0 Å². The lowest BCUT2D eigenvalue weighted by Gasteiger charge is -2.27. The van der Waals surface area contributed by atoms with Crippen LogP contribution < -0.4 is 0 Å². The maximum atomic E-state index is 6.33. The first kappa shape index (κ1) is 43.8. The maximum Gasteiger partial charge on any atom is 0.375 e. The average Bonchev–Trinajstić information content (AvgIpc) is 3.01. The molecule has 0 spiro atoms. The van der Waals surface area contributed by atoms with Crippen LogP contribution in [0, 0.1) is 0 Å². The van der Waals surface area contributed by atoms with E-state index in [1.165, 1.54) is 167 Å². The predicted octanol–water partition coefficient (Wildman–Crippen LogP) is 14.7. The van der Waals surface area contributed by atoms with Gasteiger partial charge in [0.1, 0.15) is 0 Å². The molecule has 0 unspecified atom stereocenters. The van der Waals surface area contributed by atoms with Crippen LogP contribution in [-0.4, -0.2) is 26.4 Å². The lowest BCUT2D eigenvalue weighted by molar-refractivity contribution is 0.325. The van der Waals surface area contributed by atoms with Crippen LogP contribution in [0.2, 0.25) is 6.04 Å². The molecule has 0 aliphatic carbocycles. The fourth-order valence-corrected chi connectivity index (χ4v) is 13.5. The summed E-state index contributed by atoms with van der Waals surface area (Å²) in [4.78, 5) is 0. The molecule has 0 amide bonds. The number of hydrogen-bond donors (Lipinski definition) is 0. The van der Waals surface area contributed by atoms with E-state index in [1.807, 2.05) is 0 Å². The van der Waals surface area contributed by atoms with Crippen molar-refractivity contribution in [2.24, 2.45) is 0 Å². The smallest absolute Gasteiger partial charge is 0.375 e. The van der Waals surface area contributed by atoms with Gasteiger partial charge in [0.05, 0.1) is 13.2 Å². The summed E-state index contributed by atoms with van der Waals surface area (Å²) in [5.74, 6) is 0. The lowest BCUT2D eigenvalue weighted by atomic mass is 10.0. The van der Waals surface area contributed by atoms with Crippen molar-refractivity contribution in [3.05, 3.63) is 0 Å². The first-order chi connectivity index (χ1) is 21.2. The van der Waals surface area contributed by atoms with E-state index in [2.05, 4.69) is 27.7 Å². The molecule has 43 heavy (non-hydrogen) atoms. The minimum absolute atomic E-state index is 0.747. The van der Waals surface area contributed by atoms with Gasteiger partial charge in [-0.15, -0.1) is 0 Å². The van der Waals surface area contributed by atoms with Gasteiger partial charge >= 0.3 is 6.62 Å². The average molecular weight is 663 g/mol.